The number of carbonyl (C=O) groups excluding carboxylic acids is 1. The Morgan fingerprint density at radius 2 is 1.65 bits per heavy atom. The molecule has 1 heterocycles. The summed E-state index contributed by atoms with van der Waals surface area (Å²) in [6.07, 6.45) is 7.98. The van der Waals surface area contributed by atoms with Crippen molar-refractivity contribution in [3.05, 3.63) is 30.1 Å². The molecule has 126 valence electrons. The Hall–Kier alpha value is -1.62. The molecule has 0 unspecified atom stereocenters. The number of halogens is 1. The summed E-state index contributed by atoms with van der Waals surface area (Å²) in [5, 5.41) is 2.68. The van der Waals surface area contributed by atoms with Crippen LogP contribution in [0.1, 0.15) is 38.5 Å². The van der Waals surface area contributed by atoms with Crippen molar-refractivity contribution in [1.82, 2.24) is 9.80 Å². The Bertz CT molecular complexity index is 521. The van der Waals surface area contributed by atoms with Crippen LogP contribution in [0.3, 0.4) is 0 Å². The number of piperazine rings is 1. The van der Waals surface area contributed by atoms with Gasteiger partial charge in [0.2, 0.25) is 0 Å². The fourth-order valence-corrected chi connectivity index (χ4v) is 3.67. The molecule has 0 atom stereocenters. The molecule has 23 heavy (non-hydrogen) atoms. The number of urea groups is 1. The normalized spacial score (nSPS) is 21.0. The van der Waals surface area contributed by atoms with Gasteiger partial charge in [-0.3, -0.25) is 4.90 Å². The molecule has 1 N–H and O–H groups in total. The van der Waals surface area contributed by atoms with Crippen molar-refractivity contribution in [2.75, 3.05) is 31.5 Å². The fraction of sp³-hybridized carbons (Fsp3) is 0.611. The van der Waals surface area contributed by atoms with Crippen LogP contribution in [0.15, 0.2) is 24.3 Å². The second-order valence-electron chi connectivity index (χ2n) is 6.58. The second kappa shape index (κ2) is 7.77. The Morgan fingerprint density at radius 3 is 2.30 bits per heavy atom. The number of hydrogen-bond acceptors (Lipinski definition) is 2. The highest BCUT2D eigenvalue weighted by atomic mass is 19.1. The van der Waals surface area contributed by atoms with E-state index in [0.29, 0.717) is 6.04 Å². The van der Waals surface area contributed by atoms with E-state index in [1.807, 2.05) is 0 Å². The van der Waals surface area contributed by atoms with E-state index in [0.717, 1.165) is 26.2 Å². The van der Waals surface area contributed by atoms with Gasteiger partial charge in [0.05, 0.1) is 5.69 Å². The first-order chi connectivity index (χ1) is 11.2. The molecule has 0 radical (unpaired) electrons. The van der Waals surface area contributed by atoms with Crippen LogP contribution in [0.25, 0.3) is 0 Å². The van der Waals surface area contributed by atoms with Crippen LogP contribution in [-0.4, -0.2) is 48.1 Å². The highest BCUT2D eigenvalue weighted by molar-refractivity contribution is 5.89. The summed E-state index contributed by atoms with van der Waals surface area (Å²) >= 11 is 0. The minimum Gasteiger partial charge on any atom is -0.322 e. The number of para-hydroxylation sites is 1. The molecule has 0 spiro atoms. The van der Waals surface area contributed by atoms with Crippen molar-refractivity contribution in [2.24, 2.45) is 0 Å². The third-order valence-electron chi connectivity index (χ3n) is 5.06. The number of anilines is 1. The van der Waals surface area contributed by atoms with Crippen molar-refractivity contribution >= 4 is 11.7 Å². The van der Waals surface area contributed by atoms with E-state index in [1.165, 1.54) is 44.6 Å². The van der Waals surface area contributed by atoms with Gasteiger partial charge < -0.3 is 10.2 Å². The van der Waals surface area contributed by atoms with Gasteiger partial charge in [0.25, 0.3) is 0 Å². The van der Waals surface area contributed by atoms with Gasteiger partial charge in [-0.2, -0.15) is 0 Å². The van der Waals surface area contributed by atoms with E-state index in [4.69, 9.17) is 0 Å². The van der Waals surface area contributed by atoms with Crippen molar-refractivity contribution in [3.8, 4) is 0 Å². The standard InChI is InChI=1S/C18H26FN3O/c19-16-9-5-6-10-17(16)20-18(23)22-13-11-21(12-14-22)15-7-3-1-2-4-8-15/h5-6,9-10,15H,1-4,7-8,11-14H2,(H,20,23). The van der Waals surface area contributed by atoms with Crippen LogP contribution in [0.4, 0.5) is 14.9 Å². The lowest BCUT2D eigenvalue weighted by Crippen LogP contribution is -2.52. The van der Waals surface area contributed by atoms with Gasteiger partial charge in [-0.25, -0.2) is 9.18 Å². The number of nitrogens with zero attached hydrogens (tertiary/aromatic N) is 2. The largest absolute Gasteiger partial charge is 0.322 e. The highest BCUT2D eigenvalue weighted by Gasteiger charge is 2.26. The van der Waals surface area contributed by atoms with Gasteiger partial charge in [0.1, 0.15) is 5.82 Å². The van der Waals surface area contributed by atoms with E-state index in [9.17, 15) is 9.18 Å². The number of nitrogens with one attached hydrogen (secondary N) is 1. The van der Waals surface area contributed by atoms with E-state index in [1.54, 1.807) is 23.1 Å². The molecule has 5 heteroatoms. The zero-order chi connectivity index (χ0) is 16.1. The molecule has 2 amide bonds. The minimum absolute atomic E-state index is 0.199. The first-order valence-electron chi connectivity index (χ1n) is 8.78. The van der Waals surface area contributed by atoms with Gasteiger partial charge in [-0.05, 0) is 25.0 Å². The first-order valence-corrected chi connectivity index (χ1v) is 8.78. The number of rotatable bonds is 2. The summed E-state index contributed by atoms with van der Waals surface area (Å²) in [7, 11) is 0. The van der Waals surface area contributed by atoms with Gasteiger partial charge in [0.15, 0.2) is 0 Å². The SMILES string of the molecule is O=C(Nc1ccccc1F)N1CCN(C2CCCCCC2)CC1. The molecule has 1 saturated heterocycles. The predicted octanol–water partition coefficient (Wildman–Crippen LogP) is 3.70. The van der Waals surface area contributed by atoms with Gasteiger partial charge in [-0.1, -0.05) is 37.8 Å². The number of benzene rings is 1. The van der Waals surface area contributed by atoms with Gasteiger partial charge in [0, 0.05) is 32.2 Å². The van der Waals surface area contributed by atoms with Crippen LogP contribution in [0, 0.1) is 5.82 Å². The van der Waals surface area contributed by atoms with E-state index < -0.39 is 5.82 Å². The summed E-state index contributed by atoms with van der Waals surface area (Å²) in [4.78, 5) is 16.6. The summed E-state index contributed by atoms with van der Waals surface area (Å²) in [5.74, 6) is -0.391. The van der Waals surface area contributed by atoms with Crippen molar-refractivity contribution in [2.45, 2.75) is 44.6 Å². The van der Waals surface area contributed by atoms with Gasteiger partial charge >= 0.3 is 6.03 Å². The molecular weight excluding hydrogens is 293 g/mol. The molecule has 3 rings (SSSR count). The van der Waals surface area contributed by atoms with E-state index >= 15 is 0 Å². The number of amides is 2. The third kappa shape index (κ3) is 4.22. The Morgan fingerprint density at radius 1 is 1.00 bits per heavy atom. The lowest BCUT2D eigenvalue weighted by Gasteiger charge is -2.39. The number of hydrogen-bond donors (Lipinski definition) is 1. The molecule has 1 aromatic rings. The Kier molecular flexibility index (Phi) is 5.49. The molecule has 1 aliphatic heterocycles. The van der Waals surface area contributed by atoms with Crippen molar-refractivity contribution < 1.29 is 9.18 Å². The first kappa shape index (κ1) is 16.2. The molecule has 4 nitrogen and oxygen atoms in total. The van der Waals surface area contributed by atoms with E-state index in [2.05, 4.69) is 10.2 Å². The highest BCUT2D eigenvalue weighted by Crippen LogP contribution is 2.23. The quantitative estimate of drug-likeness (QED) is 0.844. The maximum absolute atomic E-state index is 13.6. The van der Waals surface area contributed by atoms with Crippen LogP contribution in [0.5, 0.6) is 0 Å². The average Bonchev–Trinajstić information content (AvgIpc) is 2.86. The molecule has 0 bridgehead atoms. The van der Waals surface area contributed by atoms with E-state index in [-0.39, 0.29) is 11.7 Å². The predicted molar refractivity (Wildman–Crippen MR) is 90.1 cm³/mol. The molecule has 1 saturated carbocycles. The lowest BCUT2D eigenvalue weighted by molar-refractivity contribution is 0.105. The second-order valence-corrected chi connectivity index (χ2v) is 6.58. The maximum Gasteiger partial charge on any atom is 0.322 e. The smallest absolute Gasteiger partial charge is 0.322 e. The molecule has 1 aliphatic carbocycles. The average molecular weight is 319 g/mol. The molecule has 2 fully saturated rings. The zero-order valence-corrected chi connectivity index (χ0v) is 13.6. The number of carbonyl (C=O) groups is 1. The van der Waals surface area contributed by atoms with Crippen LogP contribution >= 0.6 is 0 Å². The van der Waals surface area contributed by atoms with Gasteiger partial charge in [-0.15, -0.1) is 0 Å². The monoisotopic (exact) mass is 319 g/mol. The zero-order valence-electron chi connectivity index (χ0n) is 13.6. The molecule has 0 aromatic heterocycles. The lowest BCUT2D eigenvalue weighted by atomic mass is 10.1. The minimum atomic E-state index is -0.391. The Labute approximate surface area is 137 Å². The summed E-state index contributed by atoms with van der Waals surface area (Å²) in [6, 6.07) is 6.79. The fourth-order valence-electron chi connectivity index (χ4n) is 3.67. The molecular formula is C18H26FN3O. The summed E-state index contributed by atoms with van der Waals surface area (Å²) < 4.78 is 13.6. The van der Waals surface area contributed by atoms with Crippen LogP contribution in [-0.2, 0) is 0 Å². The topological polar surface area (TPSA) is 35.6 Å². The summed E-state index contributed by atoms with van der Waals surface area (Å²) in [6.45, 7) is 3.29. The van der Waals surface area contributed by atoms with Crippen LogP contribution in [0.2, 0.25) is 0 Å². The summed E-state index contributed by atoms with van der Waals surface area (Å²) in [5.41, 5.74) is 0.253. The maximum atomic E-state index is 13.6. The van der Waals surface area contributed by atoms with Crippen molar-refractivity contribution in [3.63, 3.8) is 0 Å². The molecule has 2 aliphatic rings. The molecule has 1 aromatic carbocycles. The van der Waals surface area contributed by atoms with Crippen molar-refractivity contribution in [1.29, 1.82) is 0 Å². The third-order valence-corrected chi connectivity index (χ3v) is 5.06. The van der Waals surface area contributed by atoms with Crippen LogP contribution < -0.4 is 5.32 Å². The Balaban J connectivity index is 1.50.